The predicted octanol–water partition coefficient (Wildman–Crippen LogP) is 1.41. The molecule has 0 atom stereocenters. The fourth-order valence-corrected chi connectivity index (χ4v) is 3.60. The van der Waals surface area contributed by atoms with Gasteiger partial charge in [0.25, 0.3) is 0 Å². The van der Waals surface area contributed by atoms with Crippen LogP contribution in [0.1, 0.15) is 25.5 Å². The van der Waals surface area contributed by atoms with E-state index in [0.717, 1.165) is 5.69 Å². The molecule has 1 aromatic heterocycles. The SMILES string of the molecule is CCNC(=NCc1ccnn1C)NC1CCN(S(=O)(=O)C(F)(F)F)CC1.I. The first kappa shape index (κ1) is 23.9. The van der Waals surface area contributed by atoms with Gasteiger partial charge in [-0.3, -0.25) is 4.68 Å². The van der Waals surface area contributed by atoms with Crippen molar-refractivity contribution in [2.45, 2.75) is 37.9 Å². The highest BCUT2D eigenvalue weighted by Crippen LogP contribution is 2.28. The summed E-state index contributed by atoms with van der Waals surface area (Å²) in [6.45, 7) is 2.56. The van der Waals surface area contributed by atoms with E-state index in [2.05, 4.69) is 20.7 Å². The zero-order chi connectivity index (χ0) is 19.4. The number of guanidine groups is 1. The highest BCUT2D eigenvalue weighted by molar-refractivity contribution is 14.0. The van der Waals surface area contributed by atoms with Crippen LogP contribution in [0.4, 0.5) is 13.2 Å². The molecule has 0 bridgehead atoms. The summed E-state index contributed by atoms with van der Waals surface area (Å²) in [5, 5.41) is 10.3. The lowest BCUT2D eigenvalue weighted by Gasteiger charge is -2.32. The number of alkyl halides is 3. The molecular formula is C14H24F3IN6O2S. The van der Waals surface area contributed by atoms with Crippen molar-refractivity contribution < 1.29 is 21.6 Å². The molecular weight excluding hydrogens is 500 g/mol. The summed E-state index contributed by atoms with van der Waals surface area (Å²) in [5.41, 5.74) is -4.35. The average molecular weight is 524 g/mol. The van der Waals surface area contributed by atoms with Gasteiger partial charge in [-0.1, -0.05) is 0 Å². The highest BCUT2D eigenvalue weighted by Gasteiger charge is 2.50. The molecule has 2 N–H and O–H groups in total. The maximum atomic E-state index is 12.6. The molecule has 1 aromatic rings. The average Bonchev–Trinajstić information content (AvgIpc) is 2.97. The van der Waals surface area contributed by atoms with Crippen molar-refractivity contribution in [1.29, 1.82) is 0 Å². The van der Waals surface area contributed by atoms with E-state index in [9.17, 15) is 21.6 Å². The van der Waals surface area contributed by atoms with Gasteiger partial charge in [0, 0.05) is 38.9 Å². The summed E-state index contributed by atoms with van der Waals surface area (Å²) in [7, 11) is -3.45. The molecule has 0 aromatic carbocycles. The number of piperidine rings is 1. The minimum Gasteiger partial charge on any atom is -0.357 e. The molecule has 1 aliphatic heterocycles. The molecule has 13 heteroatoms. The number of halogens is 4. The van der Waals surface area contributed by atoms with Gasteiger partial charge in [0.05, 0.1) is 12.2 Å². The quantitative estimate of drug-likeness (QED) is 0.346. The van der Waals surface area contributed by atoms with Crippen molar-refractivity contribution in [1.82, 2.24) is 24.7 Å². The van der Waals surface area contributed by atoms with E-state index in [0.29, 0.717) is 23.4 Å². The lowest BCUT2D eigenvalue weighted by atomic mass is 10.1. The minimum atomic E-state index is -5.26. The van der Waals surface area contributed by atoms with Crippen LogP contribution in [0, 0.1) is 0 Å². The zero-order valence-corrected chi connectivity index (χ0v) is 18.2. The smallest absolute Gasteiger partial charge is 0.357 e. The van der Waals surface area contributed by atoms with E-state index >= 15 is 0 Å². The molecule has 0 radical (unpaired) electrons. The lowest BCUT2D eigenvalue weighted by molar-refractivity contribution is -0.0494. The van der Waals surface area contributed by atoms with Gasteiger partial charge in [-0.2, -0.15) is 22.6 Å². The largest absolute Gasteiger partial charge is 0.511 e. The molecule has 27 heavy (non-hydrogen) atoms. The number of aromatic nitrogens is 2. The molecule has 0 saturated carbocycles. The molecule has 1 fully saturated rings. The molecule has 2 rings (SSSR count). The third kappa shape index (κ3) is 6.20. The van der Waals surface area contributed by atoms with Gasteiger partial charge < -0.3 is 10.6 Å². The Morgan fingerprint density at radius 1 is 1.37 bits per heavy atom. The molecule has 2 heterocycles. The molecule has 1 saturated heterocycles. The van der Waals surface area contributed by atoms with Crippen LogP contribution in [0.5, 0.6) is 0 Å². The van der Waals surface area contributed by atoms with Crippen LogP contribution in [-0.2, 0) is 23.6 Å². The lowest BCUT2D eigenvalue weighted by Crippen LogP contribution is -2.51. The van der Waals surface area contributed by atoms with Crippen LogP contribution in [0.2, 0.25) is 0 Å². The summed E-state index contributed by atoms with van der Waals surface area (Å²) in [6, 6.07) is 1.69. The van der Waals surface area contributed by atoms with Gasteiger partial charge in [0.15, 0.2) is 5.96 Å². The number of aliphatic imine (C=N–C) groups is 1. The van der Waals surface area contributed by atoms with Crippen molar-refractivity contribution in [3.63, 3.8) is 0 Å². The Morgan fingerprint density at radius 2 is 2.00 bits per heavy atom. The second-order valence-electron chi connectivity index (χ2n) is 5.91. The third-order valence-electron chi connectivity index (χ3n) is 4.09. The Hall–Kier alpha value is -1.09. The van der Waals surface area contributed by atoms with Gasteiger partial charge in [0.1, 0.15) is 0 Å². The number of hydrogen-bond donors (Lipinski definition) is 2. The standard InChI is InChI=1S/C14H23F3N6O2S.HI/c1-3-18-13(19-10-12-4-7-20-22(12)2)21-11-5-8-23(9-6-11)26(24,25)14(15,16)17;/h4,7,11H,3,5-6,8-10H2,1-2H3,(H2,18,19,21);1H. The molecule has 8 nitrogen and oxygen atoms in total. The maximum Gasteiger partial charge on any atom is 0.511 e. The Labute approximate surface area is 173 Å². The number of hydrogen-bond acceptors (Lipinski definition) is 4. The topological polar surface area (TPSA) is 91.6 Å². The van der Waals surface area contributed by atoms with Crippen molar-refractivity contribution >= 4 is 40.0 Å². The summed E-state index contributed by atoms with van der Waals surface area (Å²) in [4.78, 5) is 4.44. The summed E-state index contributed by atoms with van der Waals surface area (Å²) in [5.74, 6) is 0.533. The predicted molar refractivity (Wildman–Crippen MR) is 106 cm³/mol. The highest BCUT2D eigenvalue weighted by atomic mass is 127. The van der Waals surface area contributed by atoms with Crippen molar-refractivity contribution in [2.24, 2.45) is 12.0 Å². The van der Waals surface area contributed by atoms with Crippen LogP contribution in [0.15, 0.2) is 17.3 Å². The third-order valence-corrected chi connectivity index (χ3v) is 5.72. The molecule has 156 valence electrons. The van der Waals surface area contributed by atoms with E-state index in [4.69, 9.17) is 0 Å². The van der Waals surface area contributed by atoms with E-state index < -0.39 is 15.5 Å². The van der Waals surface area contributed by atoms with E-state index in [1.54, 1.807) is 10.9 Å². The van der Waals surface area contributed by atoms with Gasteiger partial charge in [-0.15, -0.1) is 24.0 Å². The van der Waals surface area contributed by atoms with Crippen LogP contribution in [0.25, 0.3) is 0 Å². The Kier molecular flexibility index (Phi) is 8.79. The first-order valence-corrected chi connectivity index (χ1v) is 9.67. The number of rotatable bonds is 5. The number of aryl methyl sites for hydroxylation is 1. The van der Waals surface area contributed by atoms with Crippen LogP contribution >= 0.6 is 24.0 Å². The second kappa shape index (κ2) is 9.91. The molecule has 1 aliphatic rings. The maximum absolute atomic E-state index is 12.6. The van der Waals surface area contributed by atoms with E-state index in [1.165, 1.54) is 0 Å². The molecule has 0 spiro atoms. The fraction of sp³-hybridized carbons (Fsp3) is 0.714. The first-order valence-electron chi connectivity index (χ1n) is 8.23. The number of nitrogens with zero attached hydrogens (tertiary/aromatic N) is 4. The fourth-order valence-electron chi connectivity index (χ4n) is 2.62. The van der Waals surface area contributed by atoms with Gasteiger partial charge in [0.2, 0.25) is 0 Å². The van der Waals surface area contributed by atoms with Gasteiger partial charge in [-0.05, 0) is 25.8 Å². The zero-order valence-electron chi connectivity index (χ0n) is 15.0. The minimum absolute atomic E-state index is 0. The molecule has 0 amide bonds. The van der Waals surface area contributed by atoms with Crippen molar-refractivity contribution in [3.05, 3.63) is 18.0 Å². The van der Waals surface area contributed by atoms with Gasteiger partial charge in [-0.25, -0.2) is 13.4 Å². The first-order chi connectivity index (χ1) is 12.1. The van der Waals surface area contributed by atoms with Crippen molar-refractivity contribution in [2.75, 3.05) is 19.6 Å². The Balaban J connectivity index is 0.00000364. The molecule has 0 unspecified atom stereocenters. The van der Waals surface area contributed by atoms with E-state index in [-0.39, 0.29) is 55.9 Å². The van der Waals surface area contributed by atoms with Crippen molar-refractivity contribution in [3.8, 4) is 0 Å². The van der Waals surface area contributed by atoms with Crippen LogP contribution in [0.3, 0.4) is 0 Å². The summed E-state index contributed by atoms with van der Waals surface area (Å²) < 4.78 is 62.9. The summed E-state index contributed by atoms with van der Waals surface area (Å²) in [6.07, 6.45) is 2.21. The van der Waals surface area contributed by atoms with Gasteiger partial charge >= 0.3 is 15.5 Å². The Bertz CT molecular complexity index is 729. The molecule has 0 aliphatic carbocycles. The number of nitrogens with one attached hydrogen (secondary N) is 2. The number of sulfonamides is 1. The normalized spacial score (nSPS) is 17.4. The second-order valence-corrected chi connectivity index (χ2v) is 7.84. The van der Waals surface area contributed by atoms with E-state index in [1.807, 2.05) is 20.0 Å². The summed E-state index contributed by atoms with van der Waals surface area (Å²) >= 11 is 0. The van der Waals surface area contributed by atoms with Crippen LogP contribution in [-0.4, -0.2) is 59.6 Å². The monoisotopic (exact) mass is 524 g/mol. The Morgan fingerprint density at radius 3 is 2.48 bits per heavy atom. The van der Waals surface area contributed by atoms with Crippen LogP contribution < -0.4 is 10.6 Å².